The summed E-state index contributed by atoms with van der Waals surface area (Å²) in [5, 5.41) is 4.00. The number of rotatable bonds is 3. The second-order valence-corrected chi connectivity index (χ2v) is 3.17. The lowest BCUT2D eigenvalue weighted by Gasteiger charge is -2.03. The highest BCUT2D eigenvalue weighted by Gasteiger charge is 2.05. The number of aromatic nitrogens is 3. The Hall–Kier alpha value is -1.62. The molecule has 2 aromatic rings. The minimum Gasteiger partial charge on any atom is -0.482 e. The van der Waals surface area contributed by atoms with E-state index in [2.05, 4.69) is 15.1 Å². The molecule has 78 valence electrons. The average molecular weight is 226 g/mol. The summed E-state index contributed by atoms with van der Waals surface area (Å²) in [5.41, 5.74) is 0. The van der Waals surface area contributed by atoms with Crippen molar-refractivity contribution in [3.63, 3.8) is 0 Å². The molecule has 0 atom stereocenters. The Morgan fingerprint density at radius 2 is 2.40 bits per heavy atom. The van der Waals surface area contributed by atoms with E-state index in [4.69, 9.17) is 20.9 Å². The summed E-state index contributed by atoms with van der Waals surface area (Å²) in [6, 6.07) is 3.46. The maximum absolute atomic E-state index is 5.80. The van der Waals surface area contributed by atoms with Gasteiger partial charge in [-0.3, -0.25) is 0 Å². The third kappa shape index (κ3) is 2.44. The largest absolute Gasteiger partial charge is 0.482 e. The van der Waals surface area contributed by atoms with Crippen molar-refractivity contribution in [2.75, 3.05) is 0 Å². The molecule has 0 aliphatic carbocycles. The lowest BCUT2D eigenvalue weighted by atomic mass is 10.4. The standard InChI is InChI=1S/C9H8ClN3O2/c1-6-12-8(13-15-6)5-14-7-3-2-4-11-9(7)10/h2-4H,5H2,1H3. The maximum Gasteiger partial charge on any atom is 0.223 e. The minimum atomic E-state index is 0.211. The van der Waals surface area contributed by atoms with Gasteiger partial charge in [0.25, 0.3) is 0 Å². The Morgan fingerprint density at radius 3 is 3.07 bits per heavy atom. The van der Waals surface area contributed by atoms with Crippen LogP contribution in [0.1, 0.15) is 11.7 Å². The number of nitrogens with zero attached hydrogens (tertiary/aromatic N) is 3. The van der Waals surface area contributed by atoms with E-state index in [1.165, 1.54) is 0 Å². The second kappa shape index (κ2) is 4.27. The van der Waals surface area contributed by atoms with Gasteiger partial charge in [0.2, 0.25) is 11.7 Å². The monoisotopic (exact) mass is 225 g/mol. The molecule has 0 spiro atoms. The molecule has 6 heteroatoms. The van der Waals surface area contributed by atoms with Gasteiger partial charge in [0, 0.05) is 13.1 Å². The summed E-state index contributed by atoms with van der Waals surface area (Å²) in [6.45, 7) is 1.93. The maximum atomic E-state index is 5.80. The fraction of sp³-hybridized carbons (Fsp3) is 0.222. The van der Waals surface area contributed by atoms with Crippen LogP contribution in [-0.4, -0.2) is 15.1 Å². The molecule has 0 aliphatic rings. The Bertz CT molecular complexity index is 458. The van der Waals surface area contributed by atoms with E-state index in [9.17, 15) is 0 Å². The molecule has 0 radical (unpaired) electrons. The topological polar surface area (TPSA) is 61.0 Å². The van der Waals surface area contributed by atoms with Crippen LogP contribution in [0, 0.1) is 6.92 Å². The number of halogens is 1. The van der Waals surface area contributed by atoms with E-state index < -0.39 is 0 Å². The van der Waals surface area contributed by atoms with Gasteiger partial charge in [0.1, 0.15) is 0 Å². The van der Waals surface area contributed by atoms with Crippen molar-refractivity contribution in [1.82, 2.24) is 15.1 Å². The van der Waals surface area contributed by atoms with Gasteiger partial charge in [0.05, 0.1) is 0 Å². The van der Waals surface area contributed by atoms with Gasteiger partial charge in [-0.15, -0.1) is 0 Å². The fourth-order valence-corrected chi connectivity index (χ4v) is 1.20. The summed E-state index contributed by atoms with van der Waals surface area (Å²) >= 11 is 5.80. The van der Waals surface area contributed by atoms with Crippen LogP contribution in [-0.2, 0) is 6.61 Å². The predicted molar refractivity (Wildman–Crippen MR) is 52.6 cm³/mol. The zero-order valence-electron chi connectivity index (χ0n) is 7.98. The van der Waals surface area contributed by atoms with Crippen LogP contribution in [0.5, 0.6) is 5.75 Å². The van der Waals surface area contributed by atoms with Crippen molar-refractivity contribution in [2.24, 2.45) is 0 Å². The number of aryl methyl sites for hydroxylation is 1. The van der Waals surface area contributed by atoms with E-state index >= 15 is 0 Å². The van der Waals surface area contributed by atoms with Gasteiger partial charge in [-0.2, -0.15) is 4.98 Å². The van der Waals surface area contributed by atoms with E-state index in [-0.39, 0.29) is 6.61 Å². The molecule has 15 heavy (non-hydrogen) atoms. The number of ether oxygens (including phenoxy) is 1. The van der Waals surface area contributed by atoms with Gasteiger partial charge in [-0.05, 0) is 12.1 Å². The molecule has 5 nitrogen and oxygen atoms in total. The Morgan fingerprint density at radius 1 is 1.53 bits per heavy atom. The lowest BCUT2D eigenvalue weighted by molar-refractivity contribution is 0.285. The smallest absolute Gasteiger partial charge is 0.223 e. The van der Waals surface area contributed by atoms with Crippen LogP contribution >= 0.6 is 11.6 Å². The van der Waals surface area contributed by atoms with Gasteiger partial charge >= 0.3 is 0 Å². The number of hydrogen-bond acceptors (Lipinski definition) is 5. The van der Waals surface area contributed by atoms with Crippen LogP contribution < -0.4 is 4.74 Å². The lowest BCUT2D eigenvalue weighted by Crippen LogP contribution is -1.98. The van der Waals surface area contributed by atoms with Crippen molar-refractivity contribution in [3.05, 3.63) is 35.2 Å². The average Bonchev–Trinajstić information content (AvgIpc) is 2.63. The van der Waals surface area contributed by atoms with Crippen molar-refractivity contribution in [1.29, 1.82) is 0 Å². The molecule has 0 N–H and O–H groups in total. The molecule has 2 rings (SSSR count). The van der Waals surface area contributed by atoms with Gasteiger partial charge in [-0.25, -0.2) is 4.98 Å². The Balaban J connectivity index is 2.02. The molecule has 0 saturated heterocycles. The predicted octanol–water partition coefficient (Wildman–Crippen LogP) is 2.01. The van der Waals surface area contributed by atoms with E-state index in [0.717, 1.165) is 0 Å². The molecule has 0 fully saturated rings. The first-order valence-electron chi connectivity index (χ1n) is 4.28. The normalized spacial score (nSPS) is 10.3. The number of pyridine rings is 1. The summed E-state index contributed by atoms with van der Waals surface area (Å²) in [5.74, 6) is 1.49. The van der Waals surface area contributed by atoms with E-state index in [1.54, 1.807) is 25.3 Å². The molecule has 0 amide bonds. The van der Waals surface area contributed by atoms with Crippen LogP contribution in [0.2, 0.25) is 5.15 Å². The summed E-state index contributed by atoms with van der Waals surface area (Å²) in [4.78, 5) is 7.86. The van der Waals surface area contributed by atoms with Crippen molar-refractivity contribution < 1.29 is 9.26 Å². The molecular formula is C9H8ClN3O2. The van der Waals surface area contributed by atoms with Crippen LogP contribution in [0.15, 0.2) is 22.9 Å². The zero-order chi connectivity index (χ0) is 10.7. The second-order valence-electron chi connectivity index (χ2n) is 2.81. The third-order valence-corrected chi connectivity index (χ3v) is 1.94. The zero-order valence-corrected chi connectivity index (χ0v) is 8.73. The Kier molecular flexibility index (Phi) is 2.82. The summed E-state index contributed by atoms with van der Waals surface area (Å²) in [7, 11) is 0. The first kappa shape index (κ1) is 9.92. The minimum absolute atomic E-state index is 0.211. The van der Waals surface area contributed by atoms with Crippen molar-refractivity contribution in [3.8, 4) is 5.75 Å². The van der Waals surface area contributed by atoms with Gasteiger partial charge in [-0.1, -0.05) is 16.8 Å². The van der Waals surface area contributed by atoms with Crippen molar-refractivity contribution in [2.45, 2.75) is 13.5 Å². The van der Waals surface area contributed by atoms with Crippen LogP contribution in [0.25, 0.3) is 0 Å². The summed E-state index contributed by atoms with van der Waals surface area (Å²) < 4.78 is 10.2. The fourth-order valence-electron chi connectivity index (χ4n) is 1.02. The molecule has 0 unspecified atom stereocenters. The SMILES string of the molecule is Cc1nc(COc2cccnc2Cl)no1. The molecule has 0 aromatic carbocycles. The Labute approximate surface area is 91.0 Å². The quantitative estimate of drug-likeness (QED) is 0.748. The first-order valence-corrected chi connectivity index (χ1v) is 4.66. The first-order chi connectivity index (χ1) is 7.25. The highest BCUT2D eigenvalue weighted by atomic mass is 35.5. The van der Waals surface area contributed by atoms with Crippen molar-refractivity contribution >= 4 is 11.6 Å². The summed E-state index contributed by atoms with van der Waals surface area (Å²) in [6.07, 6.45) is 1.59. The van der Waals surface area contributed by atoms with Gasteiger partial charge < -0.3 is 9.26 Å². The van der Waals surface area contributed by atoms with Crippen LogP contribution in [0.4, 0.5) is 0 Å². The molecule has 2 aromatic heterocycles. The van der Waals surface area contributed by atoms with E-state index in [0.29, 0.717) is 22.6 Å². The van der Waals surface area contributed by atoms with Gasteiger partial charge in [0.15, 0.2) is 17.5 Å². The third-order valence-electron chi connectivity index (χ3n) is 1.65. The molecular weight excluding hydrogens is 218 g/mol. The molecule has 2 heterocycles. The number of hydrogen-bond donors (Lipinski definition) is 0. The highest BCUT2D eigenvalue weighted by molar-refractivity contribution is 6.30. The van der Waals surface area contributed by atoms with Crippen LogP contribution in [0.3, 0.4) is 0 Å². The van der Waals surface area contributed by atoms with E-state index in [1.807, 2.05) is 0 Å². The molecule has 0 aliphatic heterocycles. The molecule has 0 saturated carbocycles. The molecule has 0 bridgehead atoms. The highest BCUT2D eigenvalue weighted by Crippen LogP contribution is 2.20.